The molecule has 0 spiro atoms. The molecule has 0 rings (SSSR count). The van der Waals surface area contributed by atoms with Gasteiger partial charge in [0.25, 0.3) is 0 Å². The Balaban J connectivity index is 3.48. The summed E-state index contributed by atoms with van der Waals surface area (Å²) >= 11 is 0. The van der Waals surface area contributed by atoms with Crippen LogP contribution in [0.4, 0.5) is 0 Å². The monoisotopic (exact) mass is 274 g/mol. The molecule has 0 aromatic carbocycles. The summed E-state index contributed by atoms with van der Waals surface area (Å²) in [5.41, 5.74) is -0.408. The summed E-state index contributed by atoms with van der Waals surface area (Å²) in [5.74, 6) is -0.201. The Morgan fingerprint density at radius 3 is 2.32 bits per heavy atom. The van der Waals surface area contributed by atoms with Gasteiger partial charge >= 0.3 is 5.97 Å². The normalized spacial score (nSPS) is 13.3. The number of esters is 1. The van der Waals surface area contributed by atoms with Gasteiger partial charge in [0, 0.05) is 19.8 Å². The van der Waals surface area contributed by atoms with Gasteiger partial charge in [0.05, 0.1) is 5.92 Å². The van der Waals surface area contributed by atoms with E-state index in [2.05, 4.69) is 0 Å². The molecule has 0 aromatic heterocycles. The molecule has 114 valence electrons. The second-order valence-electron chi connectivity index (χ2n) is 5.97. The molecule has 4 heteroatoms. The van der Waals surface area contributed by atoms with Crippen LogP contribution >= 0.6 is 0 Å². The number of unbranched alkanes of at least 4 members (excludes halogenated alkanes) is 2. The Morgan fingerprint density at radius 1 is 1.11 bits per heavy atom. The third-order valence-electron chi connectivity index (χ3n) is 2.68. The van der Waals surface area contributed by atoms with Crippen molar-refractivity contribution in [3.05, 3.63) is 0 Å². The summed E-state index contributed by atoms with van der Waals surface area (Å²) in [4.78, 5) is 11.7. The van der Waals surface area contributed by atoms with Crippen molar-refractivity contribution in [1.29, 1.82) is 0 Å². The molecule has 0 aliphatic carbocycles. The van der Waals surface area contributed by atoms with Crippen LogP contribution in [0.3, 0.4) is 0 Å². The maximum atomic E-state index is 11.7. The fraction of sp³-hybridized carbons (Fsp3) is 0.933. The van der Waals surface area contributed by atoms with Crippen LogP contribution in [0.1, 0.15) is 59.8 Å². The first-order valence-electron chi connectivity index (χ1n) is 7.28. The fourth-order valence-corrected chi connectivity index (χ4v) is 1.61. The van der Waals surface area contributed by atoms with E-state index >= 15 is 0 Å². The quantitative estimate of drug-likeness (QED) is 0.491. The highest BCUT2D eigenvalue weighted by molar-refractivity contribution is 5.72. The van der Waals surface area contributed by atoms with Gasteiger partial charge in [0.15, 0.2) is 0 Å². The molecule has 0 heterocycles. The number of carbonyl (C=O) groups excluding carboxylic acids is 1. The Kier molecular flexibility index (Phi) is 9.88. The predicted molar refractivity (Wildman–Crippen MR) is 76.0 cm³/mol. The van der Waals surface area contributed by atoms with Gasteiger partial charge in [-0.3, -0.25) is 4.79 Å². The minimum Gasteiger partial charge on any atom is -0.460 e. The van der Waals surface area contributed by atoms with E-state index in [1.807, 2.05) is 27.7 Å². The van der Waals surface area contributed by atoms with E-state index in [1.165, 1.54) is 0 Å². The first-order chi connectivity index (χ1) is 8.87. The molecule has 0 bridgehead atoms. The number of rotatable bonds is 10. The molecule has 0 aromatic rings. The van der Waals surface area contributed by atoms with Crippen molar-refractivity contribution in [2.24, 2.45) is 5.92 Å². The number of ether oxygens (including phenoxy) is 2. The van der Waals surface area contributed by atoms with Gasteiger partial charge in [-0.1, -0.05) is 6.92 Å². The molecule has 0 saturated carbocycles. The van der Waals surface area contributed by atoms with E-state index in [9.17, 15) is 4.79 Å². The van der Waals surface area contributed by atoms with Crippen LogP contribution < -0.4 is 0 Å². The number of aliphatic hydroxyl groups excluding tert-OH is 1. The molecule has 1 N–H and O–H groups in total. The van der Waals surface area contributed by atoms with E-state index < -0.39 is 5.60 Å². The fourth-order valence-electron chi connectivity index (χ4n) is 1.61. The van der Waals surface area contributed by atoms with Crippen LogP contribution in [-0.2, 0) is 14.3 Å². The Bertz CT molecular complexity index is 233. The van der Waals surface area contributed by atoms with Crippen molar-refractivity contribution >= 4 is 5.97 Å². The molecule has 1 unspecified atom stereocenters. The van der Waals surface area contributed by atoms with Gasteiger partial charge in [-0.25, -0.2) is 0 Å². The number of carbonyl (C=O) groups is 1. The third-order valence-corrected chi connectivity index (χ3v) is 2.68. The first-order valence-corrected chi connectivity index (χ1v) is 7.28. The van der Waals surface area contributed by atoms with E-state index in [4.69, 9.17) is 14.6 Å². The van der Waals surface area contributed by atoms with Gasteiger partial charge in [-0.2, -0.15) is 0 Å². The van der Waals surface area contributed by atoms with Crippen LogP contribution in [0.5, 0.6) is 0 Å². The van der Waals surface area contributed by atoms with E-state index in [0.717, 1.165) is 38.7 Å². The van der Waals surface area contributed by atoms with Crippen LogP contribution in [0, 0.1) is 5.92 Å². The SMILES string of the molecule is CC(CCCOCCCCCO)C(=O)OC(C)(C)C. The van der Waals surface area contributed by atoms with Gasteiger partial charge in [-0.05, 0) is 52.9 Å². The lowest BCUT2D eigenvalue weighted by molar-refractivity contribution is -0.159. The van der Waals surface area contributed by atoms with Crippen LogP contribution in [0.2, 0.25) is 0 Å². The smallest absolute Gasteiger partial charge is 0.309 e. The molecule has 0 amide bonds. The summed E-state index contributed by atoms with van der Waals surface area (Å²) in [5, 5.41) is 8.62. The second kappa shape index (κ2) is 10.2. The number of hydrogen-bond donors (Lipinski definition) is 1. The average Bonchev–Trinajstić information content (AvgIpc) is 2.30. The lowest BCUT2D eigenvalue weighted by Crippen LogP contribution is -2.27. The summed E-state index contributed by atoms with van der Waals surface area (Å²) in [6.45, 7) is 9.23. The lowest BCUT2D eigenvalue weighted by Gasteiger charge is -2.22. The maximum Gasteiger partial charge on any atom is 0.309 e. The summed E-state index contributed by atoms with van der Waals surface area (Å²) < 4.78 is 10.8. The highest BCUT2D eigenvalue weighted by Crippen LogP contribution is 2.14. The zero-order valence-electron chi connectivity index (χ0n) is 12.9. The Hall–Kier alpha value is -0.610. The molecule has 0 aliphatic heterocycles. The minimum atomic E-state index is -0.408. The third kappa shape index (κ3) is 12.2. The molecular formula is C15H30O4. The van der Waals surface area contributed by atoms with Crippen LogP contribution in [0.25, 0.3) is 0 Å². The molecule has 1 atom stereocenters. The zero-order chi connectivity index (χ0) is 14.7. The van der Waals surface area contributed by atoms with Crippen molar-refractivity contribution in [2.75, 3.05) is 19.8 Å². The van der Waals surface area contributed by atoms with E-state index in [1.54, 1.807) is 0 Å². The van der Waals surface area contributed by atoms with Gasteiger partial charge in [0.1, 0.15) is 5.60 Å². The highest BCUT2D eigenvalue weighted by atomic mass is 16.6. The lowest BCUT2D eigenvalue weighted by atomic mass is 10.1. The van der Waals surface area contributed by atoms with Gasteiger partial charge in [-0.15, -0.1) is 0 Å². The van der Waals surface area contributed by atoms with E-state index in [0.29, 0.717) is 6.61 Å². The number of hydrogen-bond acceptors (Lipinski definition) is 4. The summed E-state index contributed by atoms with van der Waals surface area (Å²) in [6, 6.07) is 0. The van der Waals surface area contributed by atoms with Gasteiger partial charge in [0.2, 0.25) is 0 Å². The number of aliphatic hydroxyl groups is 1. The molecule has 0 aliphatic rings. The first kappa shape index (κ1) is 18.4. The molecule has 0 radical (unpaired) electrons. The maximum absolute atomic E-state index is 11.7. The average molecular weight is 274 g/mol. The van der Waals surface area contributed by atoms with Crippen molar-refractivity contribution in [3.8, 4) is 0 Å². The van der Waals surface area contributed by atoms with Crippen LogP contribution in [0.15, 0.2) is 0 Å². The highest BCUT2D eigenvalue weighted by Gasteiger charge is 2.21. The topological polar surface area (TPSA) is 55.8 Å². The van der Waals surface area contributed by atoms with Gasteiger partial charge < -0.3 is 14.6 Å². The largest absolute Gasteiger partial charge is 0.460 e. The molecular weight excluding hydrogens is 244 g/mol. The van der Waals surface area contributed by atoms with Crippen molar-refractivity contribution < 1.29 is 19.4 Å². The van der Waals surface area contributed by atoms with Crippen molar-refractivity contribution in [2.45, 2.75) is 65.4 Å². The van der Waals surface area contributed by atoms with Crippen molar-refractivity contribution in [1.82, 2.24) is 0 Å². The summed E-state index contributed by atoms with van der Waals surface area (Å²) in [6.07, 6.45) is 4.51. The molecule has 0 fully saturated rings. The second-order valence-corrected chi connectivity index (χ2v) is 5.97. The zero-order valence-corrected chi connectivity index (χ0v) is 12.9. The standard InChI is InChI=1S/C15H30O4/c1-13(14(17)19-15(2,3)4)9-8-12-18-11-7-5-6-10-16/h13,16H,5-12H2,1-4H3. The molecule has 19 heavy (non-hydrogen) atoms. The summed E-state index contributed by atoms with van der Waals surface area (Å²) in [7, 11) is 0. The molecule has 4 nitrogen and oxygen atoms in total. The Labute approximate surface area is 117 Å². The Morgan fingerprint density at radius 2 is 1.74 bits per heavy atom. The van der Waals surface area contributed by atoms with Crippen molar-refractivity contribution in [3.63, 3.8) is 0 Å². The predicted octanol–water partition coefficient (Wildman–Crippen LogP) is 2.92. The van der Waals surface area contributed by atoms with Crippen LogP contribution in [-0.4, -0.2) is 36.5 Å². The minimum absolute atomic E-state index is 0.0720. The van der Waals surface area contributed by atoms with E-state index in [-0.39, 0.29) is 18.5 Å². The molecule has 0 saturated heterocycles.